The van der Waals surface area contributed by atoms with Crippen molar-refractivity contribution in [1.29, 1.82) is 0 Å². The molecule has 0 aliphatic rings. The molecule has 0 aliphatic carbocycles. The van der Waals surface area contributed by atoms with E-state index in [0.29, 0.717) is 32.1 Å². The van der Waals surface area contributed by atoms with Crippen molar-refractivity contribution in [3.63, 3.8) is 0 Å². The second-order valence-corrected chi connectivity index (χ2v) is 28.8. The van der Waals surface area contributed by atoms with Crippen molar-refractivity contribution in [3.05, 3.63) is 158 Å². The molecule has 0 aromatic rings. The molecule has 0 rings (SSSR count). The summed E-state index contributed by atoms with van der Waals surface area (Å²) in [5.41, 5.74) is 0. The maximum absolute atomic E-state index is 13.1. The molecule has 0 saturated heterocycles. The van der Waals surface area contributed by atoms with E-state index < -0.39 is 97.5 Å². The second kappa shape index (κ2) is 75.9. The van der Waals surface area contributed by atoms with Gasteiger partial charge in [0.2, 0.25) is 0 Å². The lowest BCUT2D eigenvalue weighted by molar-refractivity contribution is -0.161. The molecule has 5 atom stereocenters. The van der Waals surface area contributed by atoms with Gasteiger partial charge >= 0.3 is 39.5 Å². The third kappa shape index (κ3) is 74.9. The Labute approximate surface area is 629 Å². The molecule has 19 heteroatoms. The Balaban J connectivity index is 5.42. The van der Waals surface area contributed by atoms with Crippen molar-refractivity contribution in [1.82, 2.24) is 0 Å². The van der Waals surface area contributed by atoms with E-state index in [9.17, 15) is 43.2 Å². The quantitative estimate of drug-likeness (QED) is 0.0169. The Bertz CT molecular complexity index is 2590. The molecule has 17 nitrogen and oxygen atoms in total. The molecule has 592 valence electrons. The Morgan fingerprint density at radius 1 is 0.279 bits per heavy atom. The molecule has 0 radical (unpaired) electrons. The molecule has 3 N–H and O–H groups in total. The number of hydrogen-bond acceptors (Lipinski definition) is 15. The SMILES string of the molecule is CC/C=C\C/C=C\C/C=C\C/C=C\C/C=C\CCCC(=O)OCC(COP(=O)(O)OCC(O)COP(=O)(O)OCC(COC(=O)CCCCCCCC/C=C\C/C=C\C/C=C\CCCCC)OC(=O)CCCCCCC/C=C\CCCC)OC(=O)CCCCCC/C=C\C/C=C\C/C=C\C/C=C\CC. The van der Waals surface area contributed by atoms with Crippen LogP contribution in [0, 0.1) is 0 Å². The van der Waals surface area contributed by atoms with Gasteiger partial charge in [0.15, 0.2) is 12.2 Å². The van der Waals surface area contributed by atoms with E-state index >= 15 is 0 Å². The zero-order chi connectivity index (χ0) is 76.0. The maximum Gasteiger partial charge on any atom is 0.472 e. The van der Waals surface area contributed by atoms with Crippen molar-refractivity contribution in [2.45, 2.75) is 316 Å². The van der Waals surface area contributed by atoms with Crippen LogP contribution in [0.15, 0.2) is 158 Å². The van der Waals surface area contributed by atoms with E-state index in [-0.39, 0.29) is 25.7 Å². The first kappa shape index (κ1) is 98.7. The number of rotatable bonds is 73. The van der Waals surface area contributed by atoms with Crippen molar-refractivity contribution in [2.75, 3.05) is 39.6 Å². The zero-order valence-electron chi connectivity index (χ0n) is 64.6. The topological polar surface area (TPSA) is 237 Å². The van der Waals surface area contributed by atoms with Gasteiger partial charge in [0.25, 0.3) is 0 Å². The molecule has 0 amide bonds. The third-order valence-corrected chi connectivity index (χ3v) is 17.9. The zero-order valence-corrected chi connectivity index (χ0v) is 66.4. The standard InChI is InChI=1S/C85H140O17P2/c1-5-9-13-17-21-25-29-32-35-38-39-42-44-47-51-54-58-62-66-70-82(87)95-75-80(101-84(89)71-67-63-59-55-49-28-24-20-16-12-8-4)77-99-103(91,92)97-73-79(86)74-98-104(93,94)100-78-81(102-85(90)72-68-64-60-56-52-48-45-41-37-34-31-27-23-19-15-11-7-3)76-96-83(88)69-65-61-57-53-50-46-43-40-36-33-30-26-22-18-14-10-6-2/h10-11,14-15,20-27,32-37,39,42-43,45-46,48,53,57,79-81,86H,5-9,12-13,16-19,28-31,38,40-41,44,47,49-52,54-56,58-78H2,1-4H3,(H,91,92)(H,93,94)/b14-10-,15-11-,24-20-,25-21-,26-22-,27-23-,35-32-,36-33-,37-34-,42-39-,46-43-,48-45-,57-53-. The number of allylic oxidation sites excluding steroid dienone is 26. The Morgan fingerprint density at radius 2 is 0.519 bits per heavy atom. The number of hydrogen-bond donors (Lipinski definition) is 3. The normalized spacial score (nSPS) is 14.7. The van der Waals surface area contributed by atoms with Crippen LogP contribution >= 0.6 is 15.6 Å². The first-order valence-corrected chi connectivity index (χ1v) is 42.7. The van der Waals surface area contributed by atoms with Crippen LogP contribution in [0.4, 0.5) is 0 Å². The number of aliphatic hydroxyl groups excluding tert-OH is 1. The van der Waals surface area contributed by atoms with Crippen LogP contribution in [0.3, 0.4) is 0 Å². The lowest BCUT2D eigenvalue weighted by Crippen LogP contribution is -2.30. The molecule has 0 fully saturated rings. The van der Waals surface area contributed by atoms with E-state index in [0.717, 1.165) is 180 Å². The van der Waals surface area contributed by atoms with Crippen molar-refractivity contribution in [2.24, 2.45) is 0 Å². The third-order valence-electron chi connectivity index (χ3n) is 16.0. The van der Waals surface area contributed by atoms with Crippen molar-refractivity contribution < 1.29 is 80.2 Å². The van der Waals surface area contributed by atoms with Gasteiger partial charge in [-0.3, -0.25) is 37.3 Å². The minimum atomic E-state index is -5.00. The van der Waals surface area contributed by atoms with Crippen LogP contribution in [0.5, 0.6) is 0 Å². The van der Waals surface area contributed by atoms with Gasteiger partial charge < -0.3 is 33.8 Å². The number of aliphatic hydroxyl groups is 1. The molecule has 5 unspecified atom stereocenters. The number of phosphoric ester groups is 2. The number of carbonyl (C=O) groups excluding carboxylic acids is 4. The lowest BCUT2D eigenvalue weighted by Gasteiger charge is -2.21. The van der Waals surface area contributed by atoms with E-state index in [2.05, 4.69) is 174 Å². The molecule has 0 saturated carbocycles. The maximum atomic E-state index is 13.1. The van der Waals surface area contributed by atoms with Crippen LogP contribution in [0.1, 0.15) is 297 Å². The fourth-order valence-electron chi connectivity index (χ4n) is 9.94. The molecule has 104 heavy (non-hydrogen) atoms. The van der Waals surface area contributed by atoms with E-state index in [1.54, 1.807) is 0 Å². The average Bonchev–Trinajstić information content (AvgIpc) is 0.930. The fraction of sp³-hybridized carbons (Fsp3) is 0.647. The van der Waals surface area contributed by atoms with Crippen LogP contribution in [0.2, 0.25) is 0 Å². The second-order valence-electron chi connectivity index (χ2n) is 25.9. The van der Waals surface area contributed by atoms with Crippen molar-refractivity contribution >= 4 is 39.5 Å². The number of ether oxygens (including phenoxy) is 4. The Morgan fingerprint density at radius 3 is 0.846 bits per heavy atom. The van der Waals surface area contributed by atoms with Gasteiger partial charge in [-0.05, 0) is 161 Å². The average molecular weight is 1500 g/mol. The first-order valence-electron chi connectivity index (χ1n) is 39.7. The van der Waals surface area contributed by atoms with Gasteiger partial charge in [-0.1, -0.05) is 269 Å². The van der Waals surface area contributed by atoms with Gasteiger partial charge in [-0.2, -0.15) is 0 Å². The van der Waals surface area contributed by atoms with Crippen LogP contribution in [-0.2, 0) is 65.4 Å². The minimum Gasteiger partial charge on any atom is -0.462 e. The first-order chi connectivity index (χ1) is 50.7. The molecule has 0 aromatic heterocycles. The largest absolute Gasteiger partial charge is 0.472 e. The van der Waals surface area contributed by atoms with E-state index in [1.807, 2.05) is 12.2 Å². The highest BCUT2D eigenvalue weighted by Crippen LogP contribution is 2.45. The van der Waals surface area contributed by atoms with Crippen LogP contribution in [-0.4, -0.2) is 96.7 Å². The molecule has 0 bridgehead atoms. The summed E-state index contributed by atoms with van der Waals surface area (Å²) in [6.07, 6.45) is 88.1. The number of esters is 4. The molecule has 0 aromatic carbocycles. The van der Waals surface area contributed by atoms with Gasteiger partial charge in [0.1, 0.15) is 19.3 Å². The summed E-state index contributed by atoms with van der Waals surface area (Å²) in [7, 11) is -9.99. The highest BCUT2D eigenvalue weighted by atomic mass is 31.2. The van der Waals surface area contributed by atoms with Crippen LogP contribution < -0.4 is 0 Å². The summed E-state index contributed by atoms with van der Waals surface area (Å²) < 4.78 is 68.5. The molecule has 0 aliphatic heterocycles. The molecular weight excluding hydrogens is 1350 g/mol. The van der Waals surface area contributed by atoms with Gasteiger partial charge in [0.05, 0.1) is 26.4 Å². The van der Waals surface area contributed by atoms with Gasteiger partial charge in [-0.25, -0.2) is 9.13 Å². The summed E-state index contributed by atoms with van der Waals surface area (Å²) in [6.45, 7) is 4.45. The predicted molar refractivity (Wildman–Crippen MR) is 427 cm³/mol. The summed E-state index contributed by atoms with van der Waals surface area (Å²) in [6, 6.07) is 0. The number of carbonyl (C=O) groups is 4. The highest BCUT2D eigenvalue weighted by molar-refractivity contribution is 7.47. The summed E-state index contributed by atoms with van der Waals surface area (Å²) in [5, 5.41) is 10.6. The van der Waals surface area contributed by atoms with Gasteiger partial charge in [0, 0.05) is 25.7 Å². The predicted octanol–water partition coefficient (Wildman–Crippen LogP) is 23.2. The fourth-order valence-corrected chi connectivity index (χ4v) is 11.5. The van der Waals surface area contributed by atoms with E-state index in [1.165, 1.54) is 32.1 Å². The monoisotopic (exact) mass is 1490 g/mol. The summed E-state index contributed by atoms with van der Waals surface area (Å²) in [4.78, 5) is 73.0. The van der Waals surface area contributed by atoms with Crippen molar-refractivity contribution in [3.8, 4) is 0 Å². The lowest BCUT2D eigenvalue weighted by atomic mass is 10.1. The van der Waals surface area contributed by atoms with E-state index in [4.69, 9.17) is 37.0 Å². The molecular formula is C85H140O17P2. The van der Waals surface area contributed by atoms with Gasteiger partial charge in [-0.15, -0.1) is 0 Å². The smallest absolute Gasteiger partial charge is 0.462 e. The molecule has 0 spiro atoms. The Hall–Kier alpha value is -5.32. The minimum absolute atomic E-state index is 0.0491. The Kier molecular flexibility index (Phi) is 72.0. The highest BCUT2D eigenvalue weighted by Gasteiger charge is 2.30. The summed E-state index contributed by atoms with van der Waals surface area (Å²) >= 11 is 0. The summed E-state index contributed by atoms with van der Waals surface area (Å²) in [5.74, 6) is -2.30. The van der Waals surface area contributed by atoms with Crippen LogP contribution in [0.25, 0.3) is 0 Å². The molecule has 0 heterocycles. The number of phosphoric acid groups is 2. The number of unbranched alkanes of at least 4 members (excludes halogenated alkanes) is 21.